The quantitative estimate of drug-likeness (QED) is 0.662. The average Bonchev–Trinajstić information content (AvgIpc) is 3.34. The molecule has 1 fully saturated rings. The lowest BCUT2D eigenvalue weighted by molar-refractivity contribution is 0.0616. The van der Waals surface area contributed by atoms with Gasteiger partial charge in [0.25, 0.3) is 5.91 Å². The van der Waals surface area contributed by atoms with Crippen LogP contribution in [0.15, 0.2) is 41.1 Å². The summed E-state index contributed by atoms with van der Waals surface area (Å²) in [5, 5.41) is 8.31. The number of halogens is 1. The van der Waals surface area contributed by atoms with Gasteiger partial charge >= 0.3 is 0 Å². The first kappa shape index (κ1) is 19.3. The molecule has 3 heterocycles. The second kappa shape index (κ2) is 8.16. The highest BCUT2D eigenvalue weighted by Gasteiger charge is 2.26. The third-order valence-electron chi connectivity index (χ3n) is 5.22. The highest BCUT2D eigenvalue weighted by atomic mass is 19.1. The zero-order valence-corrected chi connectivity index (χ0v) is 16.6. The summed E-state index contributed by atoms with van der Waals surface area (Å²) in [5.74, 6) is 0.537. The predicted octanol–water partition coefficient (Wildman–Crippen LogP) is 2.83. The van der Waals surface area contributed by atoms with Crippen molar-refractivity contribution in [3.8, 4) is 5.69 Å². The van der Waals surface area contributed by atoms with Crippen LogP contribution in [0.4, 0.5) is 4.39 Å². The standard InChI is InChI=1S/C21H24FN5O2/c1-3-20-19(13-23-27(20)17-6-4-16(22)5-7-17)21(28)26-10-8-25(9-11-26)14-18-12-15(2)24-29-18/h4-7,12-13H,3,8-11,14H2,1-2H3. The van der Waals surface area contributed by atoms with Crippen LogP contribution < -0.4 is 0 Å². The minimum absolute atomic E-state index is 0.00892. The number of carbonyl (C=O) groups excluding carboxylic acids is 1. The molecule has 0 N–H and O–H groups in total. The highest BCUT2D eigenvalue weighted by Crippen LogP contribution is 2.19. The first-order valence-electron chi connectivity index (χ1n) is 9.82. The fourth-order valence-corrected chi connectivity index (χ4v) is 3.69. The number of benzene rings is 1. The summed E-state index contributed by atoms with van der Waals surface area (Å²) in [5.41, 5.74) is 3.06. The second-order valence-electron chi connectivity index (χ2n) is 7.25. The summed E-state index contributed by atoms with van der Waals surface area (Å²) in [6, 6.07) is 8.06. The maximum atomic E-state index is 13.2. The van der Waals surface area contributed by atoms with Crippen molar-refractivity contribution in [1.29, 1.82) is 0 Å². The number of aromatic nitrogens is 3. The minimum Gasteiger partial charge on any atom is -0.360 e. The molecule has 0 radical (unpaired) electrons. The van der Waals surface area contributed by atoms with Crippen molar-refractivity contribution < 1.29 is 13.7 Å². The molecule has 4 rings (SSSR count). The molecule has 0 spiro atoms. The van der Waals surface area contributed by atoms with E-state index >= 15 is 0 Å². The number of piperazine rings is 1. The van der Waals surface area contributed by atoms with E-state index in [1.54, 1.807) is 23.0 Å². The van der Waals surface area contributed by atoms with Gasteiger partial charge in [-0.1, -0.05) is 12.1 Å². The predicted molar refractivity (Wildman–Crippen MR) is 105 cm³/mol. The molecule has 1 aliphatic rings. The Balaban J connectivity index is 1.44. The van der Waals surface area contributed by atoms with Gasteiger partial charge in [0, 0.05) is 32.2 Å². The lowest BCUT2D eigenvalue weighted by Gasteiger charge is -2.34. The maximum Gasteiger partial charge on any atom is 0.257 e. The van der Waals surface area contributed by atoms with Crippen LogP contribution in [0.2, 0.25) is 0 Å². The lowest BCUT2D eigenvalue weighted by atomic mass is 10.1. The van der Waals surface area contributed by atoms with Gasteiger partial charge in [-0.3, -0.25) is 9.69 Å². The van der Waals surface area contributed by atoms with Crippen molar-refractivity contribution in [2.24, 2.45) is 0 Å². The van der Waals surface area contributed by atoms with Gasteiger partial charge in [0.2, 0.25) is 0 Å². The number of rotatable bonds is 5. The molecule has 0 atom stereocenters. The topological polar surface area (TPSA) is 67.4 Å². The molecule has 1 amide bonds. The van der Waals surface area contributed by atoms with Gasteiger partial charge in [0.15, 0.2) is 5.76 Å². The normalized spacial score (nSPS) is 15.1. The van der Waals surface area contributed by atoms with Gasteiger partial charge in [-0.2, -0.15) is 5.10 Å². The second-order valence-corrected chi connectivity index (χ2v) is 7.25. The first-order chi connectivity index (χ1) is 14.0. The van der Waals surface area contributed by atoms with E-state index in [-0.39, 0.29) is 11.7 Å². The number of nitrogens with zero attached hydrogens (tertiary/aromatic N) is 5. The van der Waals surface area contributed by atoms with Crippen LogP contribution in [-0.2, 0) is 13.0 Å². The van der Waals surface area contributed by atoms with Gasteiger partial charge < -0.3 is 9.42 Å². The molecule has 0 bridgehead atoms. The Morgan fingerprint density at radius 2 is 1.90 bits per heavy atom. The monoisotopic (exact) mass is 397 g/mol. The highest BCUT2D eigenvalue weighted by molar-refractivity contribution is 5.95. The number of carbonyl (C=O) groups is 1. The zero-order valence-electron chi connectivity index (χ0n) is 16.6. The van der Waals surface area contributed by atoms with E-state index in [1.165, 1.54) is 12.1 Å². The van der Waals surface area contributed by atoms with Crippen molar-refractivity contribution in [2.75, 3.05) is 26.2 Å². The molecule has 3 aromatic rings. The lowest BCUT2D eigenvalue weighted by Crippen LogP contribution is -2.48. The van der Waals surface area contributed by atoms with Crippen LogP contribution in [-0.4, -0.2) is 56.8 Å². The fourth-order valence-electron chi connectivity index (χ4n) is 3.69. The molecule has 2 aromatic heterocycles. The van der Waals surface area contributed by atoms with Gasteiger partial charge in [0.1, 0.15) is 5.82 Å². The van der Waals surface area contributed by atoms with Crippen LogP contribution >= 0.6 is 0 Å². The first-order valence-corrected chi connectivity index (χ1v) is 9.82. The van der Waals surface area contributed by atoms with Crippen LogP contribution in [0, 0.1) is 12.7 Å². The van der Waals surface area contributed by atoms with E-state index in [9.17, 15) is 9.18 Å². The van der Waals surface area contributed by atoms with E-state index in [4.69, 9.17) is 4.52 Å². The van der Waals surface area contributed by atoms with Gasteiger partial charge in [0.05, 0.1) is 35.4 Å². The summed E-state index contributed by atoms with van der Waals surface area (Å²) < 4.78 is 20.2. The molecule has 152 valence electrons. The number of amides is 1. The van der Waals surface area contributed by atoms with E-state index in [0.29, 0.717) is 31.6 Å². The third kappa shape index (κ3) is 4.07. The van der Waals surface area contributed by atoms with E-state index in [0.717, 1.165) is 35.9 Å². The Bertz CT molecular complexity index is 987. The molecule has 1 aliphatic heterocycles. The molecule has 8 heteroatoms. The molecule has 1 saturated heterocycles. The molecule has 0 aliphatic carbocycles. The summed E-state index contributed by atoms with van der Waals surface area (Å²) >= 11 is 0. The molecular formula is C21H24FN5O2. The summed E-state index contributed by atoms with van der Waals surface area (Å²) in [4.78, 5) is 17.2. The smallest absolute Gasteiger partial charge is 0.257 e. The largest absolute Gasteiger partial charge is 0.360 e. The number of hydrogen-bond acceptors (Lipinski definition) is 5. The Labute approximate surface area is 168 Å². The van der Waals surface area contributed by atoms with Gasteiger partial charge in [-0.15, -0.1) is 0 Å². The Morgan fingerprint density at radius 1 is 1.17 bits per heavy atom. The van der Waals surface area contributed by atoms with Crippen molar-refractivity contribution in [3.63, 3.8) is 0 Å². The third-order valence-corrected chi connectivity index (χ3v) is 5.22. The summed E-state index contributed by atoms with van der Waals surface area (Å²) in [7, 11) is 0. The van der Waals surface area contributed by atoms with Crippen LogP contribution in [0.1, 0.15) is 34.4 Å². The van der Waals surface area contributed by atoms with Crippen molar-refractivity contribution in [2.45, 2.75) is 26.8 Å². The summed E-state index contributed by atoms with van der Waals surface area (Å²) in [6.07, 6.45) is 2.28. The van der Waals surface area contributed by atoms with Crippen LogP contribution in [0.3, 0.4) is 0 Å². The van der Waals surface area contributed by atoms with Gasteiger partial charge in [-0.25, -0.2) is 9.07 Å². The SMILES string of the molecule is CCc1c(C(=O)N2CCN(Cc3cc(C)no3)CC2)cnn1-c1ccc(F)cc1. The van der Waals surface area contributed by atoms with Crippen LogP contribution in [0.25, 0.3) is 5.69 Å². The minimum atomic E-state index is -0.298. The molecule has 29 heavy (non-hydrogen) atoms. The summed E-state index contributed by atoms with van der Waals surface area (Å²) in [6.45, 7) is 7.45. The molecule has 7 nitrogen and oxygen atoms in total. The van der Waals surface area contributed by atoms with Crippen molar-refractivity contribution in [1.82, 2.24) is 24.7 Å². The molecule has 0 saturated carbocycles. The van der Waals surface area contributed by atoms with Crippen molar-refractivity contribution >= 4 is 5.91 Å². The van der Waals surface area contributed by atoms with E-state index in [2.05, 4.69) is 15.2 Å². The van der Waals surface area contributed by atoms with Crippen molar-refractivity contribution in [3.05, 3.63) is 65.1 Å². The molecular weight excluding hydrogens is 373 g/mol. The molecule has 0 unspecified atom stereocenters. The average molecular weight is 397 g/mol. The number of aryl methyl sites for hydroxylation is 1. The number of hydrogen-bond donors (Lipinski definition) is 0. The Morgan fingerprint density at radius 3 is 2.52 bits per heavy atom. The van der Waals surface area contributed by atoms with Gasteiger partial charge in [-0.05, 0) is 37.6 Å². The van der Waals surface area contributed by atoms with E-state index < -0.39 is 0 Å². The molecule has 1 aromatic carbocycles. The van der Waals surface area contributed by atoms with E-state index in [1.807, 2.05) is 24.8 Å². The Hall–Kier alpha value is -3.00. The maximum absolute atomic E-state index is 13.2. The fraction of sp³-hybridized carbons (Fsp3) is 0.381. The zero-order chi connectivity index (χ0) is 20.4. The Kier molecular flexibility index (Phi) is 5.44. The van der Waals surface area contributed by atoms with Crippen LogP contribution in [0.5, 0.6) is 0 Å².